The molecule has 0 atom stereocenters. The van der Waals surface area contributed by atoms with E-state index in [1.54, 1.807) is 0 Å². The lowest BCUT2D eigenvalue weighted by atomic mass is 10.2. The molecule has 1 heterocycles. The van der Waals surface area contributed by atoms with Crippen LogP contribution in [-0.4, -0.2) is 19.7 Å². The van der Waals surface area contributed by atoms with E-state index in [9.17, 15) is 4.79 Å². The van der Waals surface area contributed by atoms with Gasteiger partial charge in [-0.15, -0.1) is 0 Å². The fraction of sp³-hybridized carbons (Fsp3) is 0.214. The van der Waals surface area contributed by atoms with Crippen LogP contribution in [-0.2, 0) is 11.2 Å². The Bertz CT molecular complexity index is 548. The molecule has 1 amide bonds. The molecular weight excluding hydrogens is 266 g/mol. The molecule has 5 heteroatoms. The van der Waals surface area contributed by atoms with Crippen molar-refractivity contribution in [3.8, 4) is 11.3 Å². The van der Waals surface area contributed by atoms with E-state index in [0.717, 1.165) is 17.1 Å². The van der Waals surface area contributed by atoms with Crippen molar-refractivity contribution in [1.29, 1.82) is 0 Å². The van der Waals surface area contributed by atoms with Crippen molar-refractivity contribution in [3.63, 3.8) is 0 Å². The lowest BCUT2D eigenvalue weighted by Crippen LogP contribution is -2.20. The smallest absolute Gasteiger partial charge is 0.406 e. The van der Waals surface area contributed by atoms with E-state index in [-0.39, 0.29) is 6.61 Å². The van der Waals surface area contributed by atoms with Crippen LogP contribution in [0.25, 0.3) is 11.3 Å². The van der Waals surface area contributed by atoms with Gasteiger partial charge in [0.05, 0.1) is 0 Å². The first-order chi connectivity index (χ1) is 9.19. The van der Waals surface area contributed by atoms with Gasteiger partial charge in [0.1, 0.15) is 18.1 Å². The van der Waals surface area contributed by atoms with Crippen molar-refractivity contribution in [3.05, 3.63) is 47.2 Å². The number of alkyl carbamates (subject to hydrolysis) is 1. The zero-order valence-corrected chi connectivity index (χ0v) is 11.2. The van der Waals surface area contributed by atoms with Crippen LogP contribution >= 0.6 is 11.6 Å². The fourth-order valence-electron chi connectivity index (χ4n) is 1.60. The summed E-state index contributed by atoms with van der Waals surface area (Å²) in [5.41, 5.74) is 0.961. The van der Waals surface area contributed by atoms with E-state index in [1.165, 1.54) is 7.05 Å². The molecule has 4 nitrogen and oxygen atoms in total. The molecular formula is C14H14ClNO3. The van der Waals surface area contributed by atoms with Gasteiger partial charge in [-0.1, -0.05) is 11.6 Å². The summed E-state index contributed by atoms with van der Waals surface area (Å²) in [5.74, 6) is 1.54. The van der Waals surface area contributed by atoms with Gasteiger partial charge in [0, 0.05) is 24.1 Å². The molecule has 0 saturated heterocycles. The second kappa shape index (κ2) is 6.29. The third-order valence-corrected chi connectivity index (χ3v) is 2.83. The minimum atomic E-state index is -0.440. The van der Waals surface area contributed by atoms with Crippen molar-refractivity contribution in [1.82, 2.24) is 5.32 Å². The van der Waals surface area contributed by atoms with Gasteiger partial charge in [-0.3, -0.25) is 0 Å². The molecule has 2 aromatic rings. The molecule has 0 aliphatic rings. The molecule has 0 fully saturated rings. The fourth-order valence-corrected chi connectivity index (χ4v) is 1.72. The van der Waals surface area contributed by atoms with Gasteiger partial charge in [-0.25, -0.2) is 4.79 Å². The lowest BCUT2D eigenvalue weighted by molar-refractivity contribution is 0.148. The van der Waals surface area contributed by atoms with Crippen LogP contribution in [0.4, 0.5) is 4.79 Å². The van der Waals surface area contributed by atoms with Gasteiger partial charge in [0.15, 0.2) is 0 Å². The maximum absolute atomic E-state index is 10.9. The topological polar surface area (TPSA) is 51.5 Å². The monoisotopic (exact) mass is 279 g/mol. The number of amides is 1. The van der Waals surface area contributed by atoms with Crippen molar-refractivity contribution < 1.29 is 13.9 Å². The summed E-state index contributed by atoms with van der Waals surface area (Å²) in [6, 6.07) is 11.2. The summed E-state index contributed by atoms with van der Waals surface area (Å²) in [6.45, 7) is 0.285. The van der Waals surface area contributed by atoms with Crippen molar-refractivity contribution in [2.24, 2.45) is 0 Å². The van der Waals surface area contributed by atoms with Crippen LogP contribution in [0, 0.1) is 0 Å². The average molecular weight is 280 g/mol. The number of carbonyl (C=O) groups excluding carboxylic acids is 1. The maximum atomic E-state index is 10.9. The first-order valence-corrected chi connectivity index (χ1v) is 6.26. The Labute approximate surface area is 116 Å². The number of halogens is 1. The van der Waals surface area contributed by atoms with Crippen LogP contribution in [0.15, 0.2) is 40.8 Å². The number of nitrogens with one attached hydrogen (secondary N) is 1. The SMILES string of the molecule is CNC(=O)OCCc1ccc(-c2ccc(Cl)cc2)o1. The molecule has 0 radical (unpaired) electrons. The number of furan rings is 1. The van der Waals surface area contributed by atoms with Gasteiger partial charge in [0.2, 0.25) is 0 Å². The Hall–Kier alpha value is -1.94. The molecule has 0 spiro atoms. The Morgan fingerprint density at radius 2 is 2.00 bits per heavy atom. The van der Waals surface area contributed by atoms with E-state index in [4.69, 9.17) is 20.8 Å². The summed E-state index contributed by atoms with van der Waals surface area (Å²) in [5, 5.41) is 3.07. The third kappa shape index (κ3) is 3.76. The van der Waals surface area contributed by atoms with Crippen molar-refractivity contribution in [2.45, 2.75) is 6.42 Å². The van der Waals surface area contributed by atoms with Crippen LogP contribution < -0.4 is 5.32 Å². The minimum absolute atomic E-state index is 0.285. The molecule has 0 unspecified atom stereocenters. The summed E-state index contributed by atoms with van der Waals surface area (Å²) >= 11 is 5.83. The lowest BCUT2D eigenvalue weighted by Gasteiger charge is -2.01. The van der Waals surface area contributed by atoms with Crippen LogP contribution in [0.2, 0.25) is 5.02 Å². The Morgan fingerprint density at radius 3 is 2.68 bits per heavy atom. The van der Waals surface area contributed by atoms with E-state index in [2.05, 4.69) is 5.32 Å². The second-order valence-electron chi connectivity index (χ2n) is 3.91. The van der Waals surface area contributed by atoms with E-state index in [0.29, 0.717) is 11.4 Å². The van der Waals surface area contributed by atoms with Crippen LogP contribution in [0.5, 0.6) is 0 Å². The first kappa shape index (κ1) is 13.5. The van der Waals surface area contributed by atoms with Crippen LogP contribution in [0.1, 0.15) is 5.76 Å². The predicted octanol–water partition coefficient (Wildman–Crippen LogP) is 3.50. The average Bonchev–Trinajstić information content (AvgIpc) is 2.88. The summed E-state index contributed by atoms with van der Waals surface area (Å²) < 4.78 is 10.6. The Kier molecular flexibility index (Phi) is 4.47. The molecule has 19 heavy (non-hydrogen) atoms. The Morgan fingerprint density at radius 1 is 1.26 bits per heavy atom. The molecule has 0 saturated carbocycles. The summed E-state index contributed by atoms with van der Waals surface area (Å²) in [7, 11) is 1.52. The predicted molar refractivity (Wildman–Crippen MR) is 73.3 cm³/mol. The highest BCUT2D eigenvalue weighted by atomic mass is 35.5. The molecule has 1 N–H and O–H groups in total. The molecule has 1 aromatic heterocycles. The van der Waals surface area contributed by atoms with Crippen molar-refractivity contribution in [2.75, 3.05) is 13.7 Å². The number of ether oxygens (including phenoxy) is 1. The molecule has 0 bridgehead atoms. The van der Waals surface area contributed by atoms with Crippen molar-refractivity contribution >= 4 is 17.7 Å². The first-order valence-electron chi connectivity index (χ1n) is 5.88. The van der Waals surface area contributed by atoms with Gasteiger partial charge in [-0.05, 0) is 36.4 Å². The highest BCUT2D eigenvalue weighted by molar-refractivity contribution is 6.30. The Balaban J connectivity index is 1.95. The number of hydrogen-bond acceptors (Lipinski definition) is 3. The zero-order chi connectivity index (χ0) is 13.7. The second-order valence-corrected chi connectivity index (χ2v) is 4.35. The highest BCUT2D eigenvalue weighted by Crippen LogP contribution is 2.23. The van der Waals surface area contributed by atoms with Crippen LogP contribution in [0.3, 0.4) is 0 Å². The van der Waals surface area contributed by atoms with Gasteiger partial charge < -0.3 is 14.5 Å². The van der Waals surface area contributed by atoms with Gasteiger partial charge in [0.25, 0.3) is 0 Å². The number of rotatable bonds is 4. The van der Waals surface area contributed by atoms with E-state index < -0.39 is 6.09 Å². The zero-order valence-electron chi connectivity index (χ0n) is 10.5. The van der Waals surface area contributed by atoms with E-state index >= 15 is 0 Å². The summed E-state index contributed by atoms with van der Waals surface area (Å²) in [6.07, 6.45) is 0.102. The molecule has 2 rings (SSSR count). The highest BCUT2D eigenvalue weighted by Gasteiger charge is 2.06. The van der Waals surface area contributed by atoms with E-state index in [1.807, 2.05) is 36.4 Å². The minimum Gasteiger partial charge on any atom is -0.461 e. The molecule has 0 aliphatic carbocycles. The third-order valence-electron chi connectivity index (χ3n) is 2.58. The number of benzene rings is 1. The normalized spacial score (nSPS) is 10.2. The quantitative estimate of drug-likeness (QED) is 0.932. The molecule has 0 aliphatic heterocycles. The number of carbonyl (C=O) groups is 1. The maximum Gasteiger partial charge on any atom is 0.406 e. The molecule has 100 valence electrons. The van der Waals surface area contributed by atoms with Gasteiger partial charge >= 0.3 is 6.09 Å². The van der Waals surface area contributed by atoms with Gasteiger partial charge in [-0.2, -0.15) is 0 Å². The number of hydrogen-bond donors (Lipinski definition) is 1. The molecule has 1 aromatic carbocycles. The standard InChI is InChI=1S/C14H14ClNO3/c1-16-14(17)18-9-8-12-6-7-13(19-12)10-2-4-11(15)5-3-10/h2-7H,8-9H2,1H3,(H,16,17). The summed E-state index contributed by atoms with van der Waals surface area (Å²) in [4.78, 5) is 10.9. The largest absolute Gasteiger partial charge is 0.461 e.